The van der Waals surface area contributed by atoms with E-state index in [1.165, 1.54) is 8.51 Å². The van der Waals surface area contributed by atoms with Gasteiger partial charge in [0.25, 0.3) is 0 Å². The first-order chi connectivity index (χ1) is 5.16. The second-order valence-electron chi connectivity index (χ2n) is 2.68. The first-order valence-corrected chi connectivity index (χ1v) is 4.63. The van der Waals surface area contributed by atoms with E-state index < -0.39 is 0 Å². The van der Waals surface area contributed by atoms with Crippen LogP contribution in [-0.2, 0) is 0 Å². The fraction of sp³-hybridized carbons (Fsp3) is 0.444. The summed E-state index contributed by atoms with van der Waals surface area (Å²) in [6, 6.07) is 0. The van der Waals surface area contributed by atoms with Crippen molar-refractivity contribution in [2.75, 3.05) is 7.11 Å². The molecule has 1 aromatic heterocycles. The van der Waals surface area contributed by atoms with Gasteiger partial charge in [-0.25, -0.2) is 0 Å². The van der Waals surface area contributed by atoms with Gasteiger partial charge in [0.1, 0.15) is 0 Å². The molecule has 0 radical (unpaired) electrons. The van der Waals surface area contributed by atoms with Crippen LogP contribution in [0.2, 0.25) is 0 Å². The summed E-state index contributed by atoms with van der Waals surface area (Å²) < 4.78 is 6.41. The Morgan fingerprint density at radius 1 is 1.42 bits per heavy atom. The summed E-state index contributed by atoms with van der Waals surface area (Å²) >= 11 is 0.986. The number of hydrogen-bond acceptors (Lipinski definition) is 2. The summed E-state index contributed by atoms with van der Waals surface area (Å²) in [6.07, 6.45) is 1.87. The van der Waals surface area contributed by atoms with Crippen LogP contribution in [0.4, 0.5) is 0 Å². The first kappa shape index (κ1) is 11.9. The van der Waals surface area contributed by atoms with E-state index in [1.807, 2.05) is 13.1 Å². The molecule has 1 aromatic rings. The van der Waals surface area contributed by atoms with Gasteiger partial charge >= 0.3 is 84.6 Å². The Hall–Kier alpha value is -0.0500. The number of methoxy groups -OCH3 is 1. The van der Waals surface area contributed by atoms with E-state index in [0.29, 0.717) is 0 Å². The normalized spacial score (nSPS) is 9.08. The van der Waals surface area contributed by atoms with Crippen LogP contribution in [0.5, 0.6) is 5.75 Å². The molecule has 0 aliphatic rings. The Labute approximate surface area is 91.8 Å². The zero-order valence-corrected chi connectivity index (χ0v) is 9.43. The third-order valence-electron chi connectivity index (χ3n) is 1.90. The van der Waals surface area contributed by atoms with Crippen molar-refractivity contribution in [1.82, 2.24) is 4.98 Å². The average molecular weight is 175 g/mol. The van der Waals surface area contributed by atoms with Gasteiger partial charge in [-0.2, -0.15) is 0 Å². The third kappa shape index (κ3) is 2.22. The monoisotopic (exact) mass is 175 g/mol. The molecule has 0 saturated carbocycles. The minimum atomic E-state index is 0. The van der Waals surface area contributed by atoms with Gasteiger partial charge < -0.3 is 0 Å². The number of pyridine rings is 1. The molecule has 0 aliphatic heterocycles. The van der Waals surface area contributed by atoms with Gasteiger partial charge in [0.2, 0.25) is 0 Å². The molecule has 0 unspecified atom stereocenters. The fourth-order valence-corrected chi connectivity index (χ4v) is 1.48. The van der Waals surface area contributed by atoms with E-state index in [0.717, 1.165) is 39.2 Å². The van der Waals surface area contributed by atoms with Crippen LogP contribution in [0, 0.1) is 13.8 Å². The second kappa shape index (κ2) is 4.85. The van der Waals surface area contributed by atoms with Crippen LogP contribution < -0.4 is 7.68 Å². The molecule has 2 nitrogen and oxygen atoms in total. The Morgan fingerprint density at radius 3 is 2.42 bits per heavy atom. The minimum absolute atomic E-state index is 0. The molecule has 0 aliphatic carbocycles. The summed E-state index contributed by atoms with van der Waals surface area (Å²) in [6.45, 7) is 4.07. The van der Waals surface area contributed by atoms with Crippen LogP contribution in [0.25, 0.3) is 0 Å². The maximum atomic E-state index is 5.24. The molecular weight excluding hydrogens is 161 g/mol. The zero-order valence-electron chi connectivity index (χ0n) is 7.43. The standard InChI is InChI=1S/C8H10NO.CH4.Na/c1-6-4-9-5-7(2)8(6)10-3;;/h4H,1-3H3;1H4;. The molecule has 3 heteroatoms. The topological polar surface area (TPSA) is 22.1 Å². The predicted octanol–water partition coefficient (Wildman–Crippen LogP) is 1.14. The van der Waals surface area contributed by atoms with Gasteiger partial charge in [-0.1, -0.05) is 7.43 Å². The maximum absolute atomic E-state index is 5.24. The van der Waals surface area contributed by atoms with Gasteiger partial charge in [-0.05, 0) is 0 Å². The van der Waals surface area contributed by atoms with Crippen molar-refractivity contribution in [3.63, 3.8) is 0 Å². The van der Waals surface area contributed by atoms with Gasteiger partial charge in [-0.15, -0.1) is 0 Å². The summed E-state index contributed by atoms with van der Waals surface area (Å²) in [7, 11) is 1.70. The molecule has 1 rings (SSSR count). The number of aryl methyl sites for hydroxylation is 1. The van der Waals surface area contributed by atoms with Crippen molar-refractivity contribution in [2.45, 2.75) is 21.3 Å². The summed E-state index contributed by atoms with van der Waals surface area (Å²) in [5.41, 5.74) is 2.31. The Balaban J connectivity index is 0.00000121. The van der Waals surface area contributed by atoms with Crippen molar-refractivity contribution < 1.29 is 4.74 Å². The van der Waals surface area contributed by atoms with Crippen molar-refractivity contribution in [3.05, 3.63) is 17.3 Å². The van der Waals surface area contributed by atoms with Gasteiger partial charge in [0, 0.05) is 0 Å². The number of ether oxygens (including phenoxy) is 1. The van der Waals surface area contributed by atoms with Crippen LogP contribution in [-0.4, -0.2) is 40.0 Å². The van der Waals surface area contributed by atoms with Crippen LogP contribution in [0.3, 0.4) is 0 Å². The van der Waals surface area contributed by atoms with E-state index in [9.17, 15) is 0 Å². The van der Waals surface area contributed by atoms with E-state index >= 15 is 0 Å². The second-order valence-corrected chi connectivity index (χ2v) is 3.63. The molecule has 62 valence electrons. The third-order valence-corrected chi connectivity index (χ3v) is 2.91. The summed E-state index contributed by atoms with van der Waals surface area (Å²) in [4.78, 5) is 4.27. The van der Waals surface area contributed by atoms with Gasteiger partial charge in [0.05, 0.1) is 0 Å². The molecule has 0 N–H and O–H groups in total. The van der Waals surface area contributed by atoms with Crippen molar-refractivity contribution in [2.24, 2.45) is 0 Å². The molecular formula is C9H14NNaO. The summed E-state index contributed by atoms with van der Waals surface area (Å²) in [5.74, 6) is 0.991. The average Bonchev–Trinajstić information content (AvgIpc) is 1.99. The Bertz CT molecular complexity index is 273. The van der Waals surface area contributed by atoms with Crippen LogP contribution in [0.1, 0.15) is 18.6 Å². The molecule has 0 saturated heterocycles. The molecule has 0 fully saturated rings. The van der Waals surface area contributed by atoms with Crippen LogP contribution >= 0.6 is 0 Å². The molecule has 0 atom stereocenters. The number of hydrogen-bond donors (Lipinski definition) is 0. The number of aromatic nitrogens is 1. The number of rotatable bonds is 1. The van der Waals surface area contributed by atoms with Crippen molar-refractivity contribution >= 4 is 30.9 Å². The van der Waals surface area contributed by atoms with Crippen LogP contribution in [0.15, 0.2) is 6.20 Å². The molecule has 0 bridgehead atoms. The Morgan fingerprint density at radius 2 is 2.00 bits per heavy atom. The van der Waals surface area contributed by atoms with E-state index in [2.05, 4.69) is 11.9 Å². The van der Waals surface area contributed by atoms with Crippen molar-refractivity contribution in [1.29, 1.82) is 0 Å². The molecule has 12 heavy (non-hydrogen) atoms. The molecule has 0 spiro atoms. The molecule has 0 amide bonds. The molecule has 1 heterocycles. The van der Waals surface area contributed by atoms with Gasteiger partial charge in [0.15, 0.2) is 0 Å². The molecule has 0 aromatic carbocycles. The van der Waals surface area contributed by atoms with Crippen molar-refractivity contribution in [3.8, 4) is 5.75 Å². The van der Waals surface area contributed by atoms with E-state index in [1.54, 1.807) is 7.11 Å². The number of nitrogens with zero attached hydrogens (tertiary/aromatic N) is 1. The fourth-order valence-electron chi connectivity index (χ4n) is 1.12. The van der Waals surface area contributed by atoms with Gasteiger partial charge in [-0.3, -0.25) is 0 Å². The zero-order chi connectivity index (χ0) is 8.43. The van der Waals surface area contributed by atoms with E-state index in [4.69, 9.17) is 4.74 Å². The Kier molecular flexibility index (Phi) is 4.83. The first-order valence-electron chi connectivity index (χ1n) is 3.63. The van der Waals surface area contributed by atoms with E-state index in [-0.39, 0.29) is 7.43 Å². The quantitative estimate of drug-likeness (QED) is 0.597. The summed E-state index contributed by atoms with van der Waals surface area (Å²) in [5, 5.41) is 0. The SMILES string of the molecule is C.COc1c(C)cn[c]([Na])c1C. The predicted molar refractivity (Wildman–Crippen MR) is 52.4 cm³/mol.